The van der Waals surface area contributed by atoms with Gasteiger partial charge in [0.15, 0.2) is 0 Å². The van der Waals surface area contributed by atoms with Gasteiger partial charge in [-0.2, -0.15) is 0 Å². The number of aromatic nitrogens is 2. The summed E-state index contributed by atoms with van der Waals surface area (Å²) in [6, 6.07) is 3.36. The Bertz CT molecular complexity index is 549. The summed E-state index contributed by atoms with van der Waals surface area (Å²) in [6.45, 7) is 4.51. The maximum atomic E-state index is 10.6. The Kier molecular flexibility index (Phi) is 3.68. The van der Waals surface area contributed by atoms with Crippen LogP contribution in [0.2, 0.25) is 0 Å². The van der Waals surface area contributed by atoms with Crippen LogP contribution in [-0.2, 0) is 6.54 Å². The van der Waals surface area contributed by atoms with Gasteiger partial charge in [-0.25, -0.2) is 0 Å². The van der Waals surface area contributed by atoms with Crippen molar-refractivity contribution in [3.8, 4) is 10.8 Å². The Hall–Kier alpha value is -1.80. The minimum atomic E-state index is -0.439. The number of hydrogen-bond donors (Lipinski definition) is 1. The molecule has 1 N–H and O–H groups in total. The van der Waals surface area contributed by atoms with E-state index in [9.17, 15) is 10.1 Å². The third-order valence-electron chi connectivity index (χ3n) is 2.11. The second kappa shape index (κ2) is 5.23. The molecular weight excluding hydrogens is 256 g/mol. The highest BCUT2D eigenvalue weighted by Gasteiger charge is 2.15. The first-order valence-electron chi connectivity index (χ1n) is 5.36. The summed E-state index contributed by atoms with van der Waals surface area (Å²) in [5, 5.41) is 21.5. The number of nitro groups is 1. The molecule has 2 heterocycles. The number of nitrogens with one attached hydrogen (secondary N) is 1. The lowest BCUT2D eigenvalue weighted by atomic mass is 10.4. The Morgan fingerprint density at radius 2 is 2.28 bits per heavy atom. The second-order valence-corrected chi connectivity index (χ2v) is 4.99. The maximum Gasteiger partial charge on any atom is 0.324 e. The van der Waals surface area contributed by atoms with Gasteiger partial charge in [0, 0.05) is 12.1 Å². The zero-order valence-electron chi connectivity index (χ0n) is 9.91. The van der Waals surface area contributed by atoms with E-state index in [1.165, 1.54) is 6.07 Å². The van der Waals surface area contributed by atoms with Crippen LogP contribution in [0.25, 0.3) is 10.8 Å². The number of rotatable bonds is 5. The number of thiophene rings is 1. The van der Waals surface area contributed by atoms with Crippen molar-refractivity contribution in [2.75, 3.05) is 0 Å². The van der Waals surface area contributed by atoms with Gasteiger partial charge >= 0.3 is 5.00 Å². The fourth-order valence-electron chi connectivity index (χ4n) is 1.26. The van der Waals surface area contributed by atoms with Crippen molar-refractivity contribution in [1.82, 2.24) is 15.5 Å². The van der Waals surface area contributed by atoms with Crippen molar-refractivity contribution in [3.63, 3.8) is 0 Å². The van der Waals surface area contributed by atoms with Crippen LogP contribution in [0.15, 0.2) is 16.5 Å². The summed E-state index contributed by atoms with van der Waals surface area (Å²) >= 11 is 1.02. The molecule has 2 aromatic heterocycles. The lowest BCUT2D eigenvalue weighted by Crippen LogP contribution is -2.21. The van der Waals surface area contributed by atoms with Gasteiger partial charge in [-0.3, -0.25) is 10.1 Å². The molecule has 2 aromatic rings. The van der Waals surface area contributed by atoms with Crippen molar-refractivity contribution in [1.29, 1.82) is 0 Å². The van der Waals surface area contributed by atoms with E-state index in [4.69, 9.17) is 4.42 Å². The summed E-state index contributed by atoms with van der Waals surface area (Å²) in [6.07, 6.45) is 0. The van der Waals surface area contributed by atoms with Crippen molar-refractivity contribution in [3.05, 3.63) is 28.1 Å². The van der Waals surface area contributed by atoms with Crippen LogP contribution in [0.5, 0.6) is 0 Å². The molecule has 0 saturated carbocycles. The average molecular weight is 268 g/mol. The fourth-order valence-corrected chi connectivity index (χ4v) is 2.00. The molecular formula is C10H12N4O3S. The topological polar surface area (TPSA) is 94.1 Å². The van der Waals surface area contributed by atoms with Crippen LogP contribution in [-0.4, -0.2) is 21.2 Å². The molecule has 0 aromatic carbocycles. The van der Waals surface area contributed by atoms with Gasteiger partial charge < -0.3 is 9.73 Å². The Labute approximate surface area is 107 Å². The van der Waals surface area contributed by atoms with Crippen molar-refractivity contribution < 1.29 is 9.34 Å². The van der Waals surface area contributed by atoms with E-state index in [1.54, 1.807) is 6.07 Å². The van der Waals surface area contributed by atoms with E-state index in [2.05, 4.69) is 15.5 Å². The summed E-state index contributed by atoms with van der Waals surface area (Å²) in [7, 11) is 0. The molecule has 0 saturated heterocycles. The molecule has 0 aliphatic carbocycles. The summed E-state index contributed by atoms with van der Waals surface area (Å²) in [4.78, 5) is 10.7. The first kappa shape index (κ1) is 12.7. The molecule has 0 aliphatic heterocycles. The fraction of sp³-hybridized carbons (Fsp3) is 0.400. The molecule has 2 rings (SSSR count). The zero-order chi connectivity index (χ0) is 13.1. The highest BCUT2D eigenvalue weighted by Crippen LogP contribution is 2.31. The minimum absolute atomic E-state index is 0.0602. The van der Waals surface area contributed by atoms with Crippen molar-refractivity contribution >= 4 is 16.3 Å². The monoisotopic (exact) mass is 268 g/mol. The molecule has 0 atom stereocenters. The standard InChI is InChI=1S/C10H12N4O3S/c1-6(2)11-5-8-12-13-10(17-8)7-3-4-9(18-7)14(15)16/h3-4,6,11H,5H2,1-2H3. The molecule has 0 spiro atoms. The molecule has 0 radical (unpaired) electrons. The van der Waals surface area contributed by atoms with Crippen LogP contribution in [0.1, 0.15) is 19.7 Å². The van der Waals surface area contributed by atoms with Gasteiger partial charge in [-0.1, -0.05) is 25.2 Å². The van der Waals surface area contributed by atoms with Crippen LogP contribution < -0.4 is 5.32 Å². The van der Waals surface area contributed by atoms with Crippen molar-refractivity contribution in [2.24, 2.45) is 0 Å². The van der Waals surface area contributed by atoms with Gasteiger partial charge in [0.25, 0.3) is 5.89 Å². The molecule has 18 heavy (non-hydrogen) atoms. The molecule has 0 unspecified atom stereocenters. The average Bonchev–Trinajstić information content (AvgIpc) is 2.95. The van der Waals surface area contributed by atoms with E-state index in [-0.39, 0.29) is 5.00 Å². The highest BCUT2D eigenvalue weighted by atomic mass is 32.1. The smallest absolute Gasteiger partial charge is 0.324 e. The molecule has 0 fully saturated rings. The van der Waals surface area contributed by atoms with Crippen LogP contribution in [0, 0.1) is 10.1 Å². The van der Waals surface area contributed by atoms with E-state index in [1.807, 2.05) is 13.8 Å². The molecule has 0 bridgehead atoms. The maximum absolute atomic E-state index is 10.6. The number of nitrogens with zero attached hydrogens (tertiary/aromatic N) is 3. The normalized spacial score (nSPS) is 11.1. The van der Waals surface area contributed by atoms with E-state index < -0.39 is 4.92 Å². The van der Waals surface area contributed by atoms with Gasteiger partial charge in [-0.15, -0.1) is 10.2 Å². The lowest BCUT2D eigenvalue weighted by molar-refractivity contribution is -0.380. The van der Waals surface area contributed by atoms with E-state index in [0.29, 0.717) is 29.2 Å². The van der Waals surface area contributed by atoms with Crippen LogP contribution in [0.4, 0.5) is 5.00 Å². The quantitative estimate of drug-likeness (QED) is 0.660. The van der Waals surface area contributed by atoms with Crippen molar-refractivity contribution in [2.45, 2.75) is 26.4 Å². The van der Waals surface area contributed by atoms with Gasteiger partial charge in [0.2, 0.25) is 5.89 Å². The highest BCUT2D eigenvalue weighted by molar-refractivity contribution is 7.18. The van der Waals surface area contributed by atoms with Crippen LogP contribution >= 0.6 is 11.3 Å². The van der Waals surface area contributed by atoms with E-state index in [0.717, 1.165) is 11.3 Å². The Balaban J connectivity index is 2.11. The first-order valence-corrected chi connectivity index (χ1v) is 6.18. The zero-order valence-corrected chi connectivity index (χ0v) is 10.7. The second-order valence-electron chi connectivity index (χ2n) is 3.93. The molecule has 8 heteroatoms. The largest absolute Gasteiger partial charge is 0.419 e. The lowest BCUT2D eigenvalue weighted by Gasteiger charge is -2.03. The molecule has 96 valence electrons. The SMILES string of the molecule is CC(C)NCc1nnc(-c2ccc([N+](=O)[O-])s2)o1. The Morgan fingerprint density at radius 1 is 1.50 bits per heavy atom. The molecule has 7 nitrogen and oxygen atoms in total. The summed E-state index contributed by atoms with van der Waals surface area (Å²) in [5.74, 6) is 0.781. The Morgan fingerprint density at radius 3 is 2.89 bits per heavy atom. The number of hydrogen-bond acceptors (Lipinski definition) is 7. The first-order chi connectivity index (χ1) is 8.56. The minimum Gasteiger partial charge on any atom is -0.419 e. The van der Waals surface area contributed by atoms with Gasteiger partial charge in [0.1, 0.15) is 0 Å². The van der Waals surface area contributed by atoms with Gasteiger partial charge in [0.05, 0.1) is 16.3 Å². The van der Waals surface area contributed by atoms with Crippen LogP contribution in [0.3, 0.4) is 0 Å². The predicted molar refractivity (Wildman–Crippen MR) is 66.2 cm³/mol. The summed E-state index contributed by atoms with van der Waals surface area (Å²) in [5.41, 5.74) is 0. The van der Waals surface area contributed by atoms with Gasteiger partial charge in [-0.05, 0) is 6.07 Å². The molecule has 0 amide bonds. The summed E-state index contributed by atoms with van der Waals surface area (Å²) < 4.78 is 5.42. The predicted octanol–water partition coefficient (Wildman–Crippen LogP) is 2.20. The molecule has 0 aliphatic rings. The third-order valence-corrected chi connectivity index (χ3v) is 3.14. The third kappa shape index (κ3) is 2.90. The van der Waals surface area contributed by atoms with E-state index >= 15 is 0 Å².